The predicted molar refractivity (Wildman–Crippen MR) is 173 cm³/mol. The predicted octanol–water partition coefficient (Wildman–Crippen LogP) is 5.25. The Balaban J connectivity index is 0.000000584. The highest BCUT2D eigenvalue weighted by atomic mass is 35.5. The summed E-state index contributed by atoms with van der Waals surface area (Å²) in [5, 5.41) is 6.55. The summed E-state index contributed by atoms with van der Waals surface area (Å²) in [6, 6.07) is 0. The lowest BCUT2D eigenvalue weighted by Gasteiger charge is -2.05. The third kappa shape index (κ3) is 16.4. The van der Waals surface area contributed by atoms with Crippen molar-refractivity contribution >= 4 is 23.5 Å². The first-order valence-corrected chi connectivity index (χ1v) is 15.7. The fourth-order valence-electron chi connectivity index (χ4n) is 3.33. The van der Waals surface area contributed by atoms with Crippen molar-refractivity contribution in [2.45, 2.75) is 113 Å². The Labute approximate surface area is 258 Å². The first-order valence-electron chi connectivity index (χ1n) is 15.3. The molecule has 0 radical (unpaired) electrons. The number of hydrogen-bond acceptors (Lipinski definition) is 12. The largest absolute Gasteiger partial charge is 0.354 e. The van der Waals surface area contributed by atoms with E-state index in [0.29, 0.717) is 17.2 Å². The van der Waals surface area contributed by atoms with E-state index in [-0.39, 0.29) is 0 Å². The lowest BCUT2D eigenvalue weighted by atomic mass is 10.3. The van der Waals surface area contributed by atoms with Crippen LogP contribution in [0.1, 0.15) is 110 Å². The van der Waals surface area contributed by atoms with Gasteiger partial charge in [-0.2, -0.15) is 19.9 Å². The SMILES string of the molecule is CCCc1nc(CC)nc(NCC)n1.CCCc1nc(CC)nc(NCC)n1.CCCc1nc(Cl)nc(CC)n1.CN. The van der Waals surface area contributed by atoms with Gasteiger partial charge < -0.3 is 16.4 Å². The summed E-state index contributed by atoms with van der Waals surface area (Å²) >= 11 is 5.70. The van der Waals surface area contributed by atoms with Crippen molar-refractivity contribution in [3.63, 3.8) is 0 Å². The minimum atomic E-state index is 0.310. The number of nitrogens with two attached hydrogens (primary N) is 1. The Morgan fingerprint density at radius 1 is 0.452 bits per heavy atom. The summed E-state index contributed by atoms with van der Waals surface area (Å²) in [5.74, 6) is 6.54. The molecule has 0 aromatic carbocycles. The van der Waals surface area contributed by atoms with Crippen molar-refractivity contribution < 1.29 is 0 Å². The summed E-state index contributed by atoms with van der Waals surface area (Å²) in [6.07, 6.45) is 8.41. The van der Waals surface area contributed by atoms with E-state index < -0.39 is 0 Å². The minimum absolute atomic E-state index is 0.310. The van der Waals surface area contributed by atoms with Gasteiger partial charge >= 0.3 is 0 Å². The van der Waals surface area contributed by atoms with Gasteiger partial charge in [0.05, 0.1) is 0 Å². The van der Waals surface area contributed by atoms with Gasteiger partial charge in [0.1, 0.15) is 34.9 Å². The average molecular weight is 605 g/mol. The topological polar surface area (TPSA) is 166 Å². The Kier molecular flexibility index (Phi) is 22.7. The molecule has 3 aromatic heterocycles. The molecule has 0 aliphatic heterocycles. The standard InChI is InChI=1S/2C10H18N4.C8H12ClN3.CH5N/c2*1-4-7-9-12-8(5-2)13-10(14-9)11-6-3;1-3-5-7-10-6(4-2)11-8(9)12-7;1-2/h2*4-7H2,1-3H3,(H,11,12,13,14);3-5H2,1-2H3;2H2,1H3. The van der Waals surface area contributed by atoms with Crippen LogP contribution in [-0.4, -0.2) is 65.0 Å². The molecule has 0 saturated heterocycles. The molecule has 0 atom stereocenters. The Morgan fingerprint density at radius 3 is 1.05 bits per heavy atom. The summed E-state index contributed by atoms with van der Waals surface area (Å²) in [6.45, 7) is 18.2. The molecule has 3 aromatic rings. The highest BCUT2D eigenvalue weighted by Gasteiger charge is 2.05. The molecule has 0 saturated carbocycles. The van der Waals surface area contributed by atoms with Gasteiger partial charge in [0.15, 0.2) is 0 Å². The fraction of sp³-hybridized carbons (Fsp3) is 0.690. The van der Waals surface area contributed by atoms with Crippen LogP contribution in [0.2, 0.25) is 5.28 Å². The fourth-order valence-corrected chi connectivity index (χ4v) is 3.52. The first kappa shape index (κ1) is 38.9. The molecule has 0 spiro atoms. The van der Waals surface area contributed by atoms with E-state index in [1.54, 1.807) is 0 Å². The van der Waals surface area contributed by atoms with E-state index in [9.17, 15) is 0 Å². The molecule has 0 amide bonds. The van der Waals surface area contributed by atoms with Crippen LogP contribution in [0.5, 0.6) is 0 Å². The minimum Gasteiger partial charge on any atom is -0.354 e. The van der Waals surface area contributed by atoms with E-state index in [1.807, 2.05) is 20.8 Å². The van der Waals surface area contributed by atoms with Gasteiger partial charge in [0.25, 0.3) is 0 Å². The van der Waals surface area contributed by atoms with Crippen LogP contribution in [0.4, 0.5) is 11.9 Å². The van der Waals surface area contributed by atoms with Crippen LogP contribution >= 0.6 is 11.6 Å². The van der Waals surface area contributed by atoms with E-state index in [2.05, 4.69) is 95.8 Å². The molecule has 236 valence electrons. The van der Waals surface area contributed by atoms with Gasteiger partial charge in [-0.15, -0.1) is 0 Å². The zero-order chi connectivity index (χ0) is 31.8. The van der Waals surface area contributed by atoms with Crippen molar-refractivity contribution in [2.24, 2.45) is 5.73 Å². The molecule has 13 heteroatoms. The lowest BCUT2D eigenvalue weighted by molar-refractivity contribution is 0.780. The molecule has 0 unspecified atom stereocenters. The third-order valence-electron chi connectivity index (χ3n) is 5.20. The van der Waals surface area contributed by atoms with E-state index in [1.165, 1.54) is 7.05 Å². The van der Waals surface area contributed by atoms with Gasteiger partial charge in [-0.25, -0.2) is 24.9 Å². The maximum atomic E-state index is 5.70. The number of nitrogens with one attached hydrogen (secondary N) is 2. The number of anilines is 2. The molecule has 12 nitrogen and oxygen atoms in total. The number of hydrogen-bond donors (Lipinski definition) is 3. The molecule has 0 bridgehead atoms. The summed E-state index contributed by atoms with van der Waals surface area (Å²) in [7, 11) is 1.50. The quantitative estimate of drug-likeness (QED) is 0.232. The second-order valence-corrected chi connectivity index (χ2v) is 9.13. The maximum Gasteiger partial charge on any atom is 0.226 e. The highest BCUT2D eigenvalue weighted by molar-refractivity contribution is 6.28. The summed E-state index contributed by atoms with van der Waals surface area (Å²) < 4.78 is 0. The van der Waals surface area contributed by atoms with Crippen LogP contribution in [-0.2, 0) is 38.5 Å². The molecular weight excluding hydrogens is 552 g/mol. The van der Waals surface area contributed by atoms with Gasteiger partial charge in [0.2, 0.25) is 17.2 Å². The summed E-state index contributed by atoms with van der Waals surface area (Å²) in [5.41, 5.74) is 4.50. The smallest absolute Gasteiger partial charge is 0.226 e. The number of rotatable bonds is 13. The average Bonchev–Trinajstić information content (AvgIpc) is 2.99. The van der Waals surface area contributed by atoms with E-state index in [0.717, 1.165) is 106 Å². The van der Waals surface area contributed by atoms with Crippen LogP contribution < -0.4 is 16.4 Å². The molecule has 0 aliphatic carbocycles. The van der Waals surface area contributed by atoms with Gasteiger partial charge in [0, 0.05) is 51.6 Å². The lowest BCUT2D eigenvalue weighted by Crippen LogP contribution is -2.09. The Hall–Kier alpha value is -3.12. The molecule has 42 heavy (non-hydrogen) atoms. The van der Waals surface area contributed by atoms with Crippen LogP contribution in [0.3, 0.4) is 0 Å². The second-order valence-electron chi connectivity index (χ2n) is 8.79. The number of nitrogens with zero attached hydrogens (tertiary/aromatic N) is 9. The third-order valence-corrected chi connectivity index (χ3v) is 5.37. The maximum absolute atomic E-state index is 5.70. The van der Waals surface area contributed by atoms with Crippen molar-refractivity contribution in [2.75, 3.05) is 30.8 Å². The number of aryl methyl sites for hydroxylation is 6. The molecule has 3 heterocycles. The Bertz CT molecular complexity index is 1010. The van der Waals surface area contributed by atoms with Gasteiger partial charge in [-0.3, -0.25) is 0 Å². The van der Waals surface area contributed by atoms with Crippen molar-refractivity contribution in [1.82, 2.24) is 44.9 Å². The van der Waals surface area contributed by atoms with E-state index >= 15 is 0 Å². The zero-order valence-electron chi connectivity index (χ0n) is 27.3. The zero-order valence-corrected chi connectivity index (χ0v) is 28.0. The molecule has 0 aliphatic rings. The van der Waals surface area contributed by atoms with Crippen molar-refractivity contribution in [1.29, 1.82) is 0 Å². The number of aromatic nitrogens is 9. The van der Waals surface area contributed by atoms with Crippen LogP contribution in [0.15, 0.2) is 0 Å². The van der Waals surface area contributed by atoms with Crippen molar-refractivity contribution in [3.05, 3.63) is 40.2 Å². The first-order chi connectivity index (χ1) is 20.3. The summed E-state index contributed by atoms with van der Waals surface area (Å²) in [4.78, 5) is 38.2. The highest BCUT2D eigenvalue weighted by Crippen LogP contribution is 2.06. The molecule has 0 fully saturated rings. The normalized spacial score (nSPS) is 9.88. The number of halogens is 1. The second kappa shape index (κ2) is 24.5. The van der Waals surface area contributed by atoms with Crippen LogP contribution in [0, 0.1) is 0 Å². The molecular formula is C29H53ClN12. The molecule has 3 rings (SSSR count). The van der Waals surface area contributed by atoms with Crippen molar-refractivity contribution in [3.8, 4) is 0 Å². The van der Waals surface area contributed by atoms with E-state index in [4.69, 9.17) is 11.6 Å². The molecule has 4 N–H and O–H groups in total. The van der Waals surface area contributed by atoms with Crippen LogP contribution in [0.25, 0.3) is 0 Å². The van der Waals surface area contributed by atoms with Gasteiger partial charge in [-0.1, -0.05) is 41.5 Å². The Morgan fingerprint density at radius 2 is 0.738 bits per heavy atom. The van der Waals surface area contributed by atoms with Gasteiger partial charge in [-0.05, 0) is 51.8 Å². The monoisotopic (exact) mass is 604 g/mol.